The number of hydrogen-bond donors (Lipinski definition) is 0. The van der Waals surface area contributed by atoms with Crippen LogP contribution in [0.5, 0.6) is 0 Å². The Kier molecular flexibility index (Phi) is 181. The fraction of sp³-hybridized carbons (Fsp3) is 0. The van der Waals surface area contributed by atoms with Gasteiger partial charge in [-0.05, 0) is 0 Å². The van der Waals surface area contributed by atoms with Crippen molar-refractivity contribution in [2.45, 2.75) is 0 Å². The molecule has 0 aliphatic heterocycles. The molecule has 0 unspecified atom stereocenters. The summed E-state index contributed by atoms with van der Waals surface area (Å²) in [5.74, 6) is 0. The van der Waals surface area contributed by atoms with Gasteiger partial charge in [0.2, 0.25) is 0 Å². The van der Waals surface area contributed by atoms with Crippen LogP contribution in [-0.4, -0.2) is 60.8 Å². The maximum atomic E-state index is 0. The van der Waals surface area contributed by atoms with Crippen LogP contribution in [0.4, 0.5) is 0 Å². The van der Waals surface area contributed by atoms with Gasteiger partial charge in [0.15, 0.2) is 0 Å². The smallest absolute Gasteiger partial charge is 0 e. The van der Waals surface area contributed by atoms with E-state index in [1.807, 2.05) is 0 Å². The Balaban J connectivity index is 0. The van der Waals surface area contributed by atoms with Gasteiger partial charge in [-0.2, -0.15) is 0 Å². The number of hydrogen-bond acceptors (Lipinski definition) is 0. The topological polar surface area (TPSA) is 0 Å². The van der Waals surface area contributed by atoms with Crippen LogP contribution < -0.4 is 0 Å². The molecule has 0 amide bonds. The molecule has 0 aromatic heterocycles. The second-order valence-corrected chi connectivity index (χ2v) is 0. The molecule has 0 saturated carbocycles. The van der Waals surface area contributed by atoms with Gasteiger partial charge >= 0.3 is 0 Å². The van der Waals surface area contributed by atoms with E-state index in [4.69, 9.17) is 0 Å². The van der Waals surface area contributed by atoms with Crippen LogP contribution in [0.25, 0.3) is 0 Å². The van der Waals surface area contributed by atoms with Gasteiger partial charge in [0.25, 0.3) is 0 Å². The fourth-order valence-electron chi connectivity index (χ4n) is 0. The molecule has 0 fully saturated rings. The standard InChI is InChI=1S/Ca.Cu.HI.Mg.Zn/h;;1H;;. The van der Waals surface area contributed by atoms with Gasteiger partial charge in [-0.1, -0.05) is 0 Å². The van der Waals surface area contributed by atoms with Crippen LogP contribution >= 0.6 is 24.0 Å². The van der Waals surface area contributed by atoms with Crippen LogP contribution in [0.1, 0.15) is 0 Å². The van der Waals surface area contributed by atoms with Crippen molar-refractivity contribution < 1.29 is 36.5 Å². The molecular formula is HCaCuIMgZn. The van der Waals surface area contributed by atoms with Crippen LogP contribution in [-0.2, 0) is 36.5 Å². The molecule has 0 nitrogen and oxygen atoms in total. The molecule has 0 spiro atoms. The monoisotopic (exact) mass is 319 g/mol. The average Bonchev–Trinajstić information content (AvgIpc) is 0. The van der Waals surface area contributed by atoms with Crippen molar-refractivity contribution in [2.75, 3.05) is 0 Å². The zero-order valence-electron chi connectivity index (χ0n) is 2.83. The van der Waals surface area contributed by atoms with Gasteiger partial charge in [-0.25, -0.2) is 0 Å². The third-order valence-corrected chi connectivity index (χ3v) is 0. The van der Waals surface area contributed by atoms with E-state index in [9.17, 15) is 0 Å². The molecule has 0 rings (SSSR count). The fourth-order valence-corrected chi connectivity index (χ4v) is 0. The van der Waals surface area contributed by atoms with Gasteiger partial charge in [-0.3, -0.25) is 0 Å². The van der Waals surface area contributed by atoms with Crippen molar-refractivity contribution in [3.8, 4) is 0 Å². The first kappa shape index (κ1) is 36.5. The Hall–Kier alpha value is 3.90. The summed E-state index contributed by atoms with van der Waals surface area (Å²) in [6.07, 6.45) is 0. The largest absolute Gasteiger partial charge is 0.107 e. The summed E-state index contributed by atoms with van der Waals surface area (Å²) in [7, 11) is 0. The van der Waals surface area contributed by atoms with E-state index in [0.29, 0.717) is 0 Å². The Bertz CT molecular complexity index is 11.6. The van der Waals surface area contributed by atoms with Crippen molar-refractivity contribution >= 4 is 84.8 Å². The minimum atomic E-state index is 0. The van der Waals surface area contributed by atoms with Gasteiger partial charge in [0.05, 0.1) is 0 Å². The van der Waals surface area contributed by atoms with Crippen molar-refractivity contribution in [1.29, 1.82) is 0 Å². The van der Waals surface area contributed by atoms with Crippen molar-refractivity contribution in [1.82, 2.24) is 0 Å². The summed E-state index contributed by atoms with van der Waals surface area (Å²) in [6, 6.07) is 0. The summed E-state index contributed by atoms with van der Waals surface area (Å²) < 4.78 is 0. The zero-order valence-corrected chi connectivity index (χ0v) is 12.7. The second-order valence-electron chi connectivity index (χ2n) is 0. The summed E-state index contributed by atoms with van der Waals surface area (Å²) >= 11 is 0. The molecule has 25 valence electrons. The minimum Gasteiger partial charge on any atom is -0.107 e. The normalized spacial score (nSPS) is 0. The van der Waals surface area contributed by atoms with E-state index in [1.54, 1.807) is 0 Å². The first-order valence-corrected chi connectivity index (χ1v) is 0. The third kappa shape index (κ3) is 18.1. The second kappa shape index (κ2) is 24.7. The van der Waals surface area contributed by atoms with Crippen LogP contribution in [0.3, 0.4) is 0 Å². The Labute approximate surface area is 118 Å². The Morgan fingerprint density at radius 2 is 1.00 bits per heavy atom. The molecular weight excluding hydrogens is 320 g/mol. The molecule has 0 heterocycles. The van der Waals surface area contributed by atoms with Crippen LogP contribution in [0.2, 0.25) is 0 Å². The molecule has 5 heavy (non-hydrogen) atoms. The number of halogens is 1. The first-order valence-electron chi connectivity index (χ1n) is 0. The summed E-state index contributed by atoms with van der Waals surface area (Å²) in [4.78, 5) is 0. The minimum absolute atomic E-state index is 0. The quantitative estimate of drug-likeness (QED) is 0.430. The zero-order chi connectivity index (χ0) is 0. The molecule has 5 heteroatoms. The molecule has 0 bridgehead atoms. The molecule has 0 saturated heterocycles. The van der Waals surface area contributed by atoms with E-state index in [0.717, 1.165) is 0 Å². The first-order chi connectivity index (χ1) is 0. The van der Waals surface area contributed by atoms with Gasteiger partial charge in [0.1, 0.15) is 0 Å². The third-order valence-electron chi connectivity index (χ3n) is 0. The van der Waals surface area contributed by atoms with E-state index in [-0.39, 0.29) is 121 Å². The van der Waals surface area contributed by atoms with Crippen molar-refractivity contribution in [2.24, 2.45) is 0 Å². The Morgan fingerprint density at radius 3 is 1.00 bits per heavy atom. The predicted molar refractivity (Wildman–Crippen MR) is 26.9 cm³/mol. The van der Waals surface area contributed by atoms with Gasteiger partial charge in [0, 0.05) is 97.3 Å². The SMILES string of the molecule is I.[Ca].[Cu].[Mg].[Zn]. The summed E-state index contributed by atoms with van der Waals surface area (Å²) in [6.45, 7) is 0. The van der Waals surface area contributed by atoms with Crippen LogP contribution in [0, 0.1) is 0 Å². The summed E-state index contributed by atoms with van der Waals surface area (Å²) in [5, 5.41) is 0. The molecule has 0 atom stereocenters. The van der Waals surface area contributed by atoms with Gasteiger partial charge < -0.3 is 0 Å². The molecule has 0 N–H and O–H groups in total. The van der Waals surface area contributed by atoms with E-state index < -0.39 is 0 Å². The van der Waals surface area contributed by atoms with E-state index in [1.165, 1.54) is 0 Å². The predicted octanol–water partition coefficient (Wildman–Crippen LogP) is -0.149. The van der Waals surface area contributed by atoms with Gasteiger partial charge in [-0.15, -0.1) is 24.0 Å². The summed E-state index contributed by atoms with van der Waals surface area (Å²) in [5.41, 5.74) is 0. The molecule has 0 aliphatic carbocycles. The molecule has 0 aromatic rings. The molecule has 0 aliphatic rings. The van der Waals surface area contributed by atoms with E-state index in [2.05, 4.69) is 0 Å². The van der Waals surface area contributed by atoms with Crippen molar-refractivity contribution in [3.63, 3.8) is 0 Å². The number of rotatable bonds is 0. The molecule has 5 radical (unpaired) electrons. The average molecular weight is 321 g/mol. The molecule has 0 aromatic carbocycles. The van der Waals surface area contributed by atoms with Crippen molar-refractivity contribution in [3.05, 3.63) is 0 Å². The van der Waals surface area contributed by atoms with E-state index >= 15 is 0 Å². The Morgan fingerprint density at radius 1 is 1.00 bits per heavy atom. The maximum absolute atomic E-state index is 0. The van der Waals surface area contributed by atoms with Crippen LogP contribution in [0.15, 0.2) is 0 Å². The maximum Gasteiger partial charge on any atom is 0 e.